The van der Waals surface area contributed by atoms with Crippen LogP contribution in [0.25, 0.3) is 0 Å². The van der Waals surface area contributed by atoms with Gasteiger partial charge in [0.1, 0.15) is 0 Å². The molecule has 68 valence electrons. The van der Waals surface area contributed by atoms with Crippen molar-refractivity contribution in [3.63, 3.8) is 0 Å². The molecular weight excluding hydrogens is 158 g/mol. The van der Waals surface area contributed by atoms with Crippen LogP contribution in [0, 0.1) is 0 Å². The summed E-state index contributed by atoms with van der Waals surface area (Å²) >= 11 is 0. The summed E-state index contributed by atoms with van der Waals surface area (Å²) in [5.74, 6) is 0.761. The van der Waals surface area contributed by atoms with Crippen molar-refractivity contribution in [1.82, 2.24) is 5.32 Å². The summed E-state index contributed by atoms with van der Waals surface area (Å²) < 4.78 is 11.3. The Morgan fingerprint density at radius 2 is 1.91 bits per heavy atom. The van der Waals surface area contributed by atoms with E-state index in [4.69, 9.17) is 0 Å². The predicted molar refractivity (Wildman–Crippen MR) is 51.3 cm³/mol. The number of rotatable bonds is 5. The molecule has 0 aromatic carbocycles. The minimum atomic E-state index is -0.666. The summed E-state index contributed by atoms with van der Waals surface area (Å²) in [6, 6.07) is 0.362. The molecule has 3 heteroatoms. The molecule has 0 aliphatic heterocycles. The van der Waals surface area contributed by atoms with E-state index in [1.165, 1.54) is 0 Å². The molecule has 0 aromatic rings. The fraction of sp³-hybridized carbons (Fsp3) is 1.00. The van der Waals surface area contributed by atoms with Gasteiger partial charge in [-0.25, -0.2) is 0 Å². The highest BCUT2D eigenvalue weighted by molar-refractivity contribution is 7.85. The van der Waals surface area contributed by atoms with E-state index in [9.17, 15) is 4.21 Å². The van der Waals surface area contributed by atoms with Crippen molar-refractivity contribution in [3.8, 4) is 0 Å². The van der Waals surface area contributed by atoms with Gasteiger partial charge >= 0.3 is 0 Å². The van der Waals surface area contributed by atoms with Crippen molar-refractivity contribution >= 4 is 10.8 Å². The van der Waals surface area contributed by atoms with E-state index in [1.807, 2.05) is 13.8 Å². The van der Waals surface area contributed by atoms with Gasteiger partial charge in [0.15, 0.2) is 0 Å². The van der Waals surface area contributed by atoms with Crippen molar-refractivity contribution < 1.29 is 4.21 Å². The predicted octanol–water partition coefficient (Wildman–Crippen LogP) is 1.14. The molecule has 0 bridgehead atoms. The molecule has 0 heterocycles. The zero-order chi connectivity index (χ0) is 8.85. The van der Waals surface area contributed by atoms with Crippen LogP contribution in [0.4, 0.5) is 0 Å². The van der Waals surface area contributed by atoms with Gasteiger partial charge in [-0.2, -0.15) is 0 Å². The molecule has 3 unspecified atom stereocenters. The molecule has 0 aliphatic rings. The summed E-state index contributed by atoms with van der Waals surface area (Å²) in [7, 11) is -0.666. The Kier molecular flexibility index (Phi) is 5.78. The van der Waals surface area contributed by atoms with Gasteiger partial charge in [0, 0.05) is 27.8 Å². The van der Waals surface area contributed by atoms with E-state index >= 15 is 0 Å². The summed E-state index contributed by atoms with van der Waals surface area (Å²) in [4.78, 5) is 0. The Hall–Kier alpha value is 0.110. The largest absolute Gasteiger partial charge is 0.313 e. The van der Waals surface area contributed by atoms with Crippen LogP contribution in [0.1, 0.15) is 27.7 Å². The Morgan fingerprint density at radius 3 is 2.27 bits per heavy atom. The third kappa shape index (κ3) is 3.87. The molecule has 0 radical (unpaired) electrons. The van der Waals surface area contributed by atoms with Gasteiger partial charge in [0.2, 0.25) is 0 Å². The Bertz CT molecular complexity index is 127. The first-order valence-corrected chi connectivity index (χ1v) is 5.62. The molecule has 0 aromatic heterocycles. The highest BCUT2D eigenvalue weighted by Gasteiger charge is 2.15. The van der Waals surface area contributed by atoms with E-state index in [0.717, 1.165) is 12.3 Å². The first-order valence-electron chi connectivity index (χ1n) is 4.24. The lowest BCUT2D eigenvalue weighted by atomic mass is 10.2. The van der Waals surface area contributed by atoms with Crippen LogP contribution >= 0.6 is 0 Å². The van der Waals surface area contributed by atoms with Gasteiger partial charge in [-0.1, -0.05) is 13.8 Å². The Morgan fingerprint density at radius 1 is 1.36 bits per heavy atom. The zero-order valence-electron chi connectivity index (χ0n) is 7.89. The van der Waals surface area contributed by atoms with Crippen LogP contribution in [0.3, 0.4) is 0 Å². The van der Waals surface area contributed by atoms with Crippen molar-refractivity contribution in [1.29, 1.82) is 0 Å². The lowest BCUT2D eigenvalue weighted by Gasteiger charge is -2.19. The smallest absolute Gasteiger partial charge is 0.0470 e. The van der Waals surface area contributed by atoms with Crippen LogP contribution in [-0.2, 0) is 10.8 Å². The normalized spacial score (nSPS) is 19.3. The monoisotopic (exact) mass is 177 g/mol. The lowest BCUT2D eigenvalue weighted by molar-refractivity contribution is 0.550. The van der Waals surface area contributed by atoms with Crippen LogP contribution in [0.5, 0.6) is 0 Å². The van der Waals surface area contributed by atoms with E-state index in [0.29, 0.717) is 6.04 Å². The molecule has 0 saturated heterocycles. The average molecular weight is 177 g/mol. The van der Waals surface area contributed by atoms with Crippen molar-refractivity contribution in [2.45, 2.75) is 39.0 Å². The highest BCUT2D eigenvalue weighted by atomic mass is 32.2. The highest BCUT2D eigenvalue weighted by Crippen LogP contribution is 2.01. The maximum Gasteiger partial charge on any atom is 0.0470 e. The summed E-state index contributed by atoms with van der Waals surface area (Å²) in [5.41, 5.74) is 0. The second kappa shape index (κ2) is 5.72. The van der Waals surface area contributed by atoms with Crippen LogP contribution < -0.4 is 5.32 Å². The topological polar surface area (TPSA) is 29.1 Å². The zero-order valence-corrected chi connectivity index (χ0v) is 8.70. The Labute approximate surface area is 72.2 Å². The molecule has 3 atom stereocenters. The lowest BCUT2D eigenvalue weighted by Crippen LogP contribution is -2.38. The van der Waals surface area contributed by atoms with Gasteiger partial charge in [0.05, 0.1) is 0 Å². The summed E-state index contributed by atoms with van der Waals surface area (Å²) in [5, 5.41) is 3.53. The summed E-state index contributed by atoms with van der Waals surface area (Å²) in [6.45, 7) is 9.10. The van der Waals surface area contributed by atoms with E-state index in [1.54, 1.807) is 0 Å². The minimum Gasteiger partial charge on any atom is -0.313 e. The molecule has 0 aliphatic carbocycles. The maximum absolute atomic E-state index is 11.3. The summed E-state index contributed by atoms with van der Waals surface area (Å²) in [6.07, 6.45) is 0. The molecule has 0 saturated carbocycles. The molecule has 2 nitrogen and oxygen atoms in total. The van der Waals surface area contributed by atoms with Crippen molar-refractivity contribution in [3.05, 3.63) is 0 Å². The minimum absolute atomic E-state index is 0.264. The molecule has 0 rings (SSSR count). The average Bonchev–Trinajstić information content (AvgIpc) is 2.02. The standard InChI is InChI=1S/C8H19NOS/c1-5-9-7(3)8(4)11(10)6-2/h7-9H,5-6H2,1-4H3. The van der Waals surface area contributed by atoms with Crippen molar-refractivity contribution in [2.24, 2.45) is 0 Å². The van der Waals surface area contributed by atoms with E-state index in [-0.39, 0.29) is 5.25 Å². The second-order valence-electron chi connectivity index (χ2n) is 2.72. The van der Waals surface area contributed by atoms with Crippen molar-refractivity contribution in [2.75, 3.05) is 12.3 Å². The maximum atomic E-state index is 11.3. The fourth-order valence-corrected chi connectivity index (χ4v) is 2.06. The molecule has 0 spiro atoms. The van der Waals surface area contributed by atoms with Gasteiger partial charge < -0.3 is 5.32 Å². The Balaban J connectivity index is 3.80. The third-order valence-electron chi connectivity index (χ3n) is 1.93. The third-order valence-corrected chi connectivity index (χ3v) is 3.74. The molecule has 0 fully saturated rings. The number of nitrogens with one attached hydrogen (secondary N) is 1. The fourth-order valence-electron chi connectivity index (χ4n) is 0.979. The number of hydrogen-bond donors (Lipinski definition) is 1. The molecule has 0 amide bonds. The van der Waals surface area contributed by atoms with Gasteiger partial charge in [-0.15, -0.1) is 0 Å². The quantitative estimate of drug-likeness (QED) is 0.682. The van der Waals surface area contributed by atoms with Gasteiger partial charge in [-0.05, 0) is 20.4 Å². The molecule has 11 heavy (non-hydrogen) atoms. The van der Waals surface area contributed by atoms with Gasteiger partial charge in [-0.3, -0.25) is 4.21 Å². The number of hydrogen-bond acceptors (Lipinski definition) is 2. The van der Waals surface area contributed by atoms with Gasteiger partial charge in [0.25, 0.3) is 0 Å². The van der Waals surface area contributed by atoms with Crippen LogP contribution in [0.2, 0.25) is 0 Å². The van der Waals surface area contributed by atoms with Crippen LogP contribution in [-0.4, -0.2) is 27.8 Å². The first-order chi connectivity index (χ1) is 5.13. The van der Waals surface area contributed by atoms with Crippen LogP contribution in [0.15, 0.2) is 0 Å². The molecular formula is C8H19NOS. The second-order valence-corrected chi connectivity index (χ2v) is 4.80. The van der Waals surface area contributed by atoms with E-state index < -0.39 is 10.8 Å². The molecule has 1 N–H and O–H groups in total. The van der Waals surface area contributed by atoms with E-state index in [2.05, 4.69) is 19.2 Å². The SMILES string of the molecule is CCNC(C)C(C)S(=O)CC. The first kappa shape index (κ1) is 11.1.